The van der Waals surface area contributed by atoms with Crippen LogP contribution in [-0.2, 0) is 0 Å². The van der Waals surface area contributed by atoms with Gasteiger partial charge in [0.25, 0.3) is 0 Å². The first-order chi connectivity index (χ1) is 12.6. The number of nitrogens with one attached hydrogen (secondary N) is 1. The van der Waals surface area contributed by atoms with Crippen LogP contribution in [0.1, 0.15) is 22.4 Å². The van der Waals surface area contributed by atoms with Crippen LogP contribution in [0.3, 0.4) is 0 Å². The first kappa shape index (κ1) is 16.5. The van der Waals surface area contributed by atoms with Crippen LogP contribution >= 0.6 is 11.3 Å². The number of fused-ring (bicyclic) bond motifs is 1. The standard InChI is InChI=1S/C21H20N4S/c1-14-7-6-8-15(2)20(14)24-21-25(16(3)13-26-21)23-12-17-11-22-19-10-5-4-9-18(17)19/h4-13,22H,1-3H3. The fourth-order valence-corrected chi connectivity index (χ4v) is 3.81. The summed E-state index contributed by atoms with van der Waals surface area (Å²) in [6, 6.07) is 14.5. The molecule has 4 aromatic rings. The third kappa shape index (κ3) is 3.02. The van der Waals surface area contributed by atoms with Gasteiger partial charge >= 0.3 is 0 Å². The molecule has 2 heterocycles. The normalized spacial score (nSPS) is 12.5. The van der Waals surface area contributed by atoms with Crippen molar-refractivity contribution >= 4 is 34.1 Å². The Balaban J connectivity index is 1.79. The third-order valence-corrected chi connectivity index (χ3v) is 5.36. The number of H-pyrrole nitrogens is 1. The summed E-state index contributed by atoms with van der Waals surface area (Å²) in [5, 5.41) is 7.95. The molecule has 0 atom stereocenters. The first-order valence-electron chi connectivity index (χ1n) is 8.52. The summed E-state index contributed by atoms with van der Waals surface area (Å²) in [6.07, 6.45) is 3.88. The number of nitrogens with zero attached hydrogens (tertiary/aromatic N) is 3. The largest absolute Gasteiger partial charge is 0.361 e. The molecule has 0 radical (unpaired) electrons. The van der Waals surface area contributed by atoms with Gasteiger partial charge in [-0.05, 0) is 38.0 Å². The van der Waals surface area contributed by atoms with E-state index in [1.165, 1.54) is 11.1 Å². The van der Waals surface area contributed by atoms with Gasteiger partial charge in [0.1, 0.15) is 0 Å². The van der Waals surface area contributed by atoms with Gasteiger partial charge in [0.2, 0.25) is 4.80 Å². The smallest absolute Gasteiger partial charge is 0.211 e. The van der Waals surface area contributed by atoms with E-state index in [0.29, 0.717) is 0 Å². The average molecular weight is 360 g/mol. The molecule has 26 heavy (non-hydrogen) atoms. The number of aromatic nitrogens is 2. The van der Waals surface area contributed by atoms with Crippen LogP contribution in [-0.4, -0.2) is 15.9 Å². The molecule has 2 aromatic heterocycles. The zero-order valence-corrected chi connectivity index (χ0v) is 15.8. The van der Waals surface area contributed by atoms with Gasteiger partial charge in [0.05, 0.1) is 17.6 Å². The summed E-state index contributed by atoms with van der Waals surface area (Å²) in [7, 11) is 0. The Hall–Kier alpha value is -2.92. The van der Waals surface area contributed by atoms with Crippen molar-refractivity contribution in [1.29, 1.82) is 0 Å². The van der Waals surface area contributed by atoms with Gasteiger partial charge in [-0.1, -0.05) is 36.4 Å². The lowest BCUT2D eigenvalue weighted by atomic mass is 10.1. The van der Waals surface area contributed by atoms with Crippen molar-refractivity contribution in [1.82, 2.24) is 9.66 Å². The van der Waals surface area contributed by atoms with E-state index in [2.05, 4.69) is 54.5 Å². The molecule has 0 unspecified atom stereocenters. The second-order valence-corrected chi connectivity index (χ2v) is 7.19. The Bertz CT molecular complexity index is 1150. The minimum absolute atomic E-state index is 0.871. The van der Waals surface area contributed by atoms with Crippen molar-refractivity contribution in [2.75, 3.05) is 0 Å². The molecule has 4 nitrogen and oxygen atoms in total. The van der Waals surface area contributed by atoms with E-state index >= 15 is 0 Å². The van der Waals surface area contributed by atoms with Crippen molar-refractivity contribution in [2.24, 2.45) is 10.1 Å². The molecule has 0 fully saturated rings. The number of thiazole rings is 1. The van der Waals surface area contributed by atoms with Crippen LogP contribution in [0.2, 0.25) is 0 Å². The lowest BCUT2D eigenvalue weighted by Crippen LogP contribution is -2.11. The van der Waals surface area contributed by atoms with Crippen LogP contribution in [0.5, 0.6) is 0 Å². The molecular formula is C21H20N4S. The summed E-state index contributed by atoms with van der Waals surface area (Å²) >= 11 is 1.60. The van der Waals surface area contributed by atoms with Gasteiger partial charge in [0.15, 0.2) is 0 Å². The molecule has 0 aliphatic carbocycles. The van der Waals surface area contributed by atoms with Crippen molar-refractivity contribution < 1.29 is 0 Å². The second-order valence-electron chi connectivity index (χ2n) is 6.36. The number of hydrogen-bond acceptors (Lipinski definition) is 3. The van der Waals surface area contributed by atoms with E-state index < -0.39 is 0 Å². The van der Waals surface area contributed by atoms with Crippen LogP contribution < -0.4 is 4.80 Å². The fraction of sp³-hybridized carbons (Fsp3) is 0.143. The molecule has 0 saturated carbocycles. The number of aromatic amines is 1. The lowest BCUT2D eigenvalue weighted by molar-refractivity contribution is 0.809. The molecule has 2 aromatic carbocycles. The van der Waals surface area contributed by atoms with E-state index in [1.54, 1.807) is 11.3 Å². The summed E-state index contributed by atoms with van der Waals surface area (Å²) in [5.74, 6) is 0. The van der Waals surface area contributed by atoms with Crippen molar-refractivity contribution in [3.05, 3.63) is 81.2 Å². The van der Waals surface area contributed by atoms with Gasteiger partial charge in [-0.3, -0.25) is 0 Å². The highest BCUT2D eigenvalue weighted by Gasteiger charge is 2.05. The average Bonchev–Trinajstić information content (AvgIpc) is 3.20. The second kappa shape index (κ2) is 6.77. The number of benzene rings is 2. The highest BCUT2D eigenvalue weighted by Crippen LogP contribution is 2.22. The molecule has 1 N–H and O–H groups in total. The molecule has 0 amide bonds. The highest BCUT2D eigenvalue weighted by molar-refractivity contribution is 7.07. The number of para-hydroxylation sites is 2. The van der Waals surface area contributed by atoms with Gasteiger partial charge in [0, 0.05) is 28.0 Å². The zero-order valence-electron chi connectivity index (χ0n) is 15.0. The molecule has 0 bridgehead atoms. The van der Waals surface area contributed by atoms with Gasteiger partial charge in [-0.2, -0.15) is 5.10 Å². The zero-order chi connectivity index (χ0) is 18.1. The Morgan fingerprint density at radius 3 is 2.58 bits per heavy atom. The Morgan fingerprint density at radius 2 is 1.77 bits per heavy atom. The van der Waals surface area contributed by atoms with E-state index in [1.807, 2.05) is 36.1 Å². The first-order valence-corrected chi connectivity index (χ1v) is 9.40. The monoisotopic (exact) mass is 360 g/mol. The number of aryl methyl sites for hydroxylation is 3. The summed E-state index contributed by atoms with van der Waals surface area (Å²) < 4.78 is 1.90. The topological polar surface area (TPSA) is 45.4 Å². The van der Waals surface area contributed by atoms with Crippen LogP contribution in [0.15, 0.2) is 64.1 Å². The number of hydrogen-bond donors (Lipinski definition) is 1. The maximum Gasteiger partial charge on any atom is 0.211 e. The maximum atomic E-state index is 4.88. The van der Waals surface area contributed by atoms with E-state index in [9.17, 15) is 0 Å². The quantitative estimate of drug-likeness (QED) is 0.496. The molecule has 4 rings (SSSR count). The fourth-order valence-electron chi connectivity index (χ4n) is 3.00. The molecule has 0 saturated heterocycles. The van der Waals surface area contributed by atoms with Gasteiger partial charge in [-0.25, -0.2) is 9.67 Å². The minimum Gasteiger partial charge on any atom is -0.361 e. The van der Waals surface area contributed by atoms with E-state index in [4.69, 9.17) is 10.1 Å². The predicted molar refractivity (Wildman–Crippen MR) is 109 cm³/mol. The van der Waals surface area contributed by atoms with Crippen molar-refractivity contribution in [3.8, 4) is 0 Å². The predicted octanol–water partition coefficient (Wildman–Crippen LogP) is 5.07. The highest BCUT2D eigenvalue weighted by atomic mass is 32.1. The molecule has 0 spiro atoms. The van der Waals surface area contributed by atoms with Crippen molar-refractivity contribution in [2.45, 2.75) is 20.8 Å². The maximum absolute atomic E-state index is 4.88. The lowest BCUT2D eigenvalue weighted by Gasteiger charge is -2.03. The summed E-state index contributed by atoms with van der Waals surface area (Å²) in [6.45, 7) is 6.23. The number of rotatable bonds is 3. The molecule has 130 valence electrons. The van der Waals surface area contributed by atoms with Gasteiger partial charge in [-0.15, -0.1) is 11.3 Å². The van der Waals surface area contributed by atoms with Crippen LogP contribution in [0, 0.1) is 20.8 Å². The third-order valence-electron chi connectivity index (χ3n) is 4.43. The molecule has 0 aliphatic rings. The van der Waals surface area contributed by atoms with E-state index in [-0.39, 0.29) is 0 Å². The van der Waals surface area contributed by atoms with Gasteiger partial charge < -0.3 is 4.98 Å². The summed E-state index contributed by atoms with van der Waals surface area (Å²) in [5.41, 5.74) is 6.60. The Labute approximate surface area is 156 Å². The van der Waals surface area contributed by atoms with Crippen LogP contribution in [0.4, 0.5) is 5.69 Å². The Morgan fingerprint density at radius 1 is 1.00 bits per heavy atom. The SMILES string of the molecule is Cc1cccc(C)c1N=c1scc(C)n1N=Cc1c[nH]c2ccccc12. The van der Waals surface area contributed by atoms with Crippen LogP contribution in [0.25, 0.3) is 10.9 Å². The Kier molecular flexibility index (Phi) is 4.31. The molecule has 5 heteroatoms. The molecule has 0 aliphatic heterocycles. The minimum atomic E-state index is 0.871. The molecular weight excluding hydrogens is 340 g/mol. The summed E-state index contributed by atoms with van der Waals surface area (Å²) in [4.78, 5) is 9.04. The van der Waals surface area contributed by atoms with Crippen molar-refractivity contribution in [3.63, 3.8) is 0 Å². The van der Waals surface area contributed by atoms with E-state index in [0.717, 1.165) is 32.6 Å².